The van der Waals surface area contributed by atoms with Gasteiger partial charge in [0, 0.05) is 26.1 Å². The number of ether oxygens (including phenoxy) is 1. The standard InChI is InChI=1S/C14H28N2O2/c1-11(2)10-16(7-8-18-3)14(17)13-6-4-5-12(13)9-15/h11-13H,4-10,15H2,1-3H3/t12-,13-/m1/s1. The van der Waals surface area contributed by atoms with Crippen LogP contribution in [0.3, 0.4) is 0 Å². The molecular weight excluding hydrogens is 228 g/mol. The Labute approximate surface area is 111 Å². The average Bonchev–Trinajstić information content (AvgIpc) is 2.81. The zero-order valence-electron chi connectivity index (χ0n) is 12.0. The van der Waals surface area contributed by atoms with Crippen LogP contribution in [0.25, 0.3) is 0 Å². The van der Waals surface area contributed by atoms with Gasteiger partial charge in [-0.1, -0.05) is 20.3 Å². The molecule has 1 aliphatic rings. The molecule has 4 heteroatoms. The molecule has 0 aromatic rings. The number of methoxy groups -OCH3 is 1. The van der Waals surface area contributed by atoms with Crippen LogP contribution in [0, 0.1) is 17.8 Å². The van der Waals surface area contributed by atoms with E-state index in [0.29, 0.717) is 31.5 Å². The molecular formula is C14H28N2O2. The summed E-state index contributed by atoms with van der Waals surface area (Å²) < 4.78 is 5.10. The second kappa shape index (κ2) is 7.74. The zero-order valence-corrected chi connectivity index (χ0v) is 12.0. The fourth-order valence-corrected chi connectivity index (χ4v) is 2.81. The quantitative estimate of drug-likeness (QED) is 0.751. The largest absolute Gasteiger partial charge is 0.383 e. The molecule has 2 atom stereocenters. The van der Waals surface area contributed by atoms with Gasteiger partial charge >= 0.3 is 0 Å². The van der Waals surface area contributed by atoms with Crippen molar-refractivity contribution in [3.8, 4) is 0 Å². The second-order valence-corrected chi connectivity index (χ2v) is 5.70. The third kappa shape index (κ3) is 4.25. The maximum atomic E-state index is 12.6. The lowest BCUT2D eigenvalue weighted by atomic mass is 9.94. The molecule has 0 bridgehead atoms. The minimum atomic E-state index is 0.144. The van der Waals surface area contributed by atoms with E-state index >= 15 is 0 Å². The van der Waals surface area contributed by atoms with Crippen molar-refractivity contribution in [1.82, 2.24) is 4.90 Å². The summed E-state index contributed by atoms with van der Waals surface area (Å²) in [5.74, 6) is 1.30. The number of nitrogens with zero attached hydrogens (tertiary/aromatic N) is 1. The highest BCUT2D eigenvalue weighted by Gasteiger charge is 2.34. The lowest BCUT2D eigenvalue weighted by Crippen LogP contribution is -2.42. The Kier molecular flexibility index (Phi) is 6.65. The van der Waals surface area contributed by atoms with Crippen molar-refractivity contribution >= 4 is 5.91 Å². The Morgan fingerprint density at radius 1 is 1.44 bits per heavy atom. The molecule has 1 aliphatic carbocycles. The summed E-state index contributed by atoms with van der Waals surface area (Å²) in [6, 6.07) is 0. The summed E-state index contributed by atoms with van der Waals surface area (Å²) >= 11 is 0. The summed E-state index contributed by atoms with van der Waals surface area (Å²) in [7, 11) is 1.68. The molecule has 4 nitrogen and oxygen atoms in total. The monoisotopic (exact) mass is 256 g/mol. The van der Waals surface area contributed by atoms with Crippen LogP contribution in [0.2, 0.25) is 0 Å². The van der Waals surface area contributed by atoms with E-state index in [1.54, 1.807) is 7.11 Å². The Hall–Kier alpha value is -0.610. The fourth-order valence-electron chi connectivity index (χ4n) is 2.81. The van der Waals surface area contributed by atoms with Crippen molar-refractivity contribution in [3.63, 3.8) is 0 Å². The van der Waals surface area contributed by atoms with E-state index in [4.69, 9.17) is 10.5 Å². The summed E-state index contributed by atoms with van der Waals surface area (Å²) in [6.45, 7) is 7.04. The summed E-state index contributed by atoms with van der Waals surface area (Å²) in [5, 5.41) is 0. The van der Waals surface area contributed by atoms with Gasteiger partial charge in [-0.3, -0.25) is 4.79 Å². The number of hydrogen-bond donors (Lipinski definition) is 1. The molecule has 106 valence electrons. The molecule has 0 aromatic carbocycles. The molecule has 1 saturated carbocycles. The molecule has 2 N–H and O–H groups in total. The van der Waals surface area contributed by atoms with Crippen LogP contribution in [0.4, 0.5) is 0 Å². The van der Waals surface area contributed by atoms with Gasteiger partial charge in [-0.15, -0.1) is 0 Å². The minimum Gasteiger partial charge on any atom is -0.383 e. The third-order valence-corrected chi connectivity index (χ3v) is 3.74. The van der Waals surface area contributed by atoms with Gasteiger partial charge < -0.3 is 15.4 Å². The van der Waals surface area contributed by atoms with Crippen molar-refractivity contribution in [1.29, 1.82) is 0 Å². The molecule has 0 heterocycles. The normalized spacial score (nSPS) is 23.6. The van der Waals surface area contributed by atoms with Crippen LogP contribution < -0.4 is 5.73 Å². The van der Waals surface area contributed by atoms with Crippen molar-refractivity contribution < 1.29 is 9.53 Å². The summed E-state index contributed by atoms with van der Waals surface area (Å²) in [5.41, 5.74) is 5.77. The van der Waals surface area contributed by atoms with Gasteiger partial charge in [0.2, 0.25) is 5.91 Å². The van der Waals surface area contributed by atoms with E-state index < -0.39 is 0 Å². The zero-order chi connectivity index (χ0) is 13.5. The second-order valence-electron chi connectivity index (χ2n) is 5.70. The molecule has 0 aromatic heterocycles. The highest BCUT2D eigenvalue weighted by atomic mass is 16.5. The molecule has 0 spiro atoms. The van der Waals surface area contributed by atoms with Gasteiger partial charge in [0.25, 0.3) is 0 Å². The van der Waals surface area contributed by atoms with Crippen molar-refractivity contribution in [2.45, 2.75) is 33.1 Å². The van der Waals surface area contributed by atoms with E-state index in [1.807, 2.05) is 4.90 Å². The van der Waals surface area contributed by atoms with Gasteiger partial charge in [-0.05, 0) is 31.2 Å². The molecule has 1 rings (SSSR count). The molecule has 0 unspecified atom stereocenters. The summed E-state index contributed by atoms with van der Waals surface area (Å²) in [6.07, 6.45) is 3.24. The molecule has 0 saturated heterocycles. The van der Waals surface area contributed by atoms with Crippen LogP contribution in [-0.2, 0) is 9.53 Å². The number of rotatable bonds is 7. The number of hydrogen-bond acceptors (Lipinski definition) is 3. The van der Waals surface area contributed by atoms with E-state index in [1.165, 1.54) is 0 Å². The highest BCUT2D eigenvalue weighted by molar-refractivity contribution is 5.79. The van der Waals surface area contributed by atoms with E-state index in [0.717, 1.165) is 25.8 Å². The maximum absolute atomic E-state index is 12.6. The van der Waals surface area contributed by atoms with Crippen molar-refractivity contribution in [2.24, 2.45) is 23.5 Å². The third-order valence-electron chi connectivity index (χ3n) is 3.74. The molecule has 0 radical (unpaired) electrons. The molecule has 1 fully saturated rings. The molecule has 0 aliphatic heterocycles. The number of nitrogens with two attached hydrogens (primary N) is 1. The van der Waals surface area contributed by atoms with Crippen LogP contribution in [-0.4, -0.2) is 44.2 Å². The fraction of sp³-hybridized carbons (Fsp3) is 0.929. The first-order chi connectivity index (χ1) is 8.60. The average molecular weight is 256 g/mol. The first kappa shape index (κ1) is 15.4. The minimum absolute atomic E-state index is 0.144. The van der Waals surface area contributed by atoms with Gasteiger partial charge in [-0.2, -0.15) is 0 Å². The Bertz CT molecular complexity index is 256. The van der Waals surface area contributed by atoms with Gasteiger partial charge in [0.15, 0.2) is 0 Å². The van der Waals surface area contributed by atoms with Crippen LogP contribution >= 0.6 is 0 Å². The predicted octanol–water partition coefficient (Wildman–Crippen LogP) is 1.49. The summed E-state index contributed by atoms with van der Waals surface area (Å²) in [4.78, 5) is 14.5. The SMILES string of the molecule is COCCN(CC(C)C)C(=O)[C@@H]1CCC[C@@H]1CN. The number of carbonyl (C=O) groups is 1. The first-order valence-electron chi connectivity index (χ1n) is 7.08. The van der Waals surface area contributed by atoms with E-state index in [-0.39, 0.29) is 11.8 Å². The van der Waals surface area contributed by atoms with Gasteiger partial charge in [0.1, 0.15) is 0 Å². The Morgan fingerprint density at radius 3 is 2.72 bits per heavy atom. The van der Waals surface area contributed by atoms with Gasteiger partial charge in [-0.25, -0.2) is 0 Å². The first-order valence-corrected chi connectivity index (χ1v) is 7.08. The van der Waals surface area contributed by atoms with Crippen LogP contribution in [0.5, 0.6) is 0 Å². The molecule has 1 amide bonds. The number of carbonyl (C=O) groups excluding carboxylic acids is 1. The maximum Gasteiger partial charge on any atom is 0.226 e. The van der Waals surface area contributed by atoms with E-state index in [9.17, 15) is 4.79 Å². The lowest BCUT2D eigenvalue weighted by molar-refractivity contribution is -0.137. The van der Waals surface area contributed by atoms with E-state index in [2.05, 4.69) is 13.8 Å². The van der Waals surface area contributed by atoms with Gasteiger partial charge in [0.05, 0.1) is 6.61 Å². The van der Waals surface area contributed by atoms with Crippen LogP contribution in [0.15, 0.2) is 0 Å². The highest BCUT2D eigenvalue weighted by Crippen LogP contribution is 2.32. The topological polar surface area (TPSA) is 55.6 Å². The lowest BCUT2D eigenvalue weighted by Gasteiger charge is -2.29. The van der Waals surface area contributed by atoms with Crippen molar-refractivity contribution in [3.05, 3.63) is 0 Å². The van der Waals surface area contributed by atoms with Crippen LogP contribution in [0.1, 0.15) is 33.1 Å². The smallest absolute Gasteiger partial charge is 0.226 e. The Balaban J connectivity index is 2.62. The van der Waals surface area contributed by atoms with Crippen molar-refractivity contribution in [2.75, 3.05) is 33.4 Å². The molecule has 18 heavy (non-hydrogen) atoms. The number of amides is 1. The predicted molar refractivity (Wildman–Crippen MR) is 73.2 cm³/mol. The Morgan fingerprint density at radius 2 is 2.17 bits per heavy atom.